The summed E-state index contributed by atoms with van der Waals surface area (Å²) in [7, 11) is 3.15. The third kappa shape index (κ3) is 4.75. The molecule has 34 heavy (non-hydrogen) atoms. The molecule has 4 rings (SSSR count). The summed E-state index contributed by atoms with van der Waals surface area (Å²) in [6.45, 7) is 0.320. The van der Waals surface area contributed by atoms with Gasteiger partial charge in [-0.25, -0.2) is 0 Å². The number of aliphatic hydroxyl groups is 1. The number of hydrogen-bond donors (Lipinski definition) is 1. The van der Waals surface area contributed by atoms with E-state index < -0.39 is 17.7 Å². The molecule has 3 aromatic rings. The van der Waals surface area contributed by atoms with Gasteiger partial charge in [0.1, 0.15) is 0 Å². The number of aliphatic hydroxyl groups excluding tert-OH is 1. The van der Waals surface area contributed by atoms with Crippen LogP contribution >= 0.6 is 11.3 Å². The fourth-order valence-electron chi connectivity index (χ4n) is 3.99. The summed E-state index contributed by atoms with van der Waals surface area (Å²) in [5.74, 6) is -0.201. The van der Waals surface area contributed by atoms with E-state index in [4.69, 9.17) is 9.47 Å². The lowest BCUT2D eigenvalue weighted by atomic mass is 10.0. The number of ether oxygens (including phenoxy) is 2. The topological polar surface area (TPSA) is 76.1 Å². The van der Waals surface area contributed by atoms with E-state index in [0.717, 1.165) is 16.0 Å². The van der Waals surface area contributed by atoms with Crippen molar-refractivity contribution in [3.05, 3.63) is 99.5 Å². The fraction of sp³-hybridized carbons (Fsp3) is 0.185. The maximum atomic E-state index is 13.1. The van der Waals surface area contributed by atoms with E-state index in [1.807, 2.05) is 66.0 Å². The van der Waals surface area contributed by atoms with Crippen LogP contribution in [-0.4, -0.2) is 42.5 Å². The third-order valence-corrected chi connectivity index (χ3v) is 6.62. The van der Waals surface area contributed by atoms with E-state index in [0.29, 0.717) is 24.5 Å². The third-order valence-electron chi connectivity index (χ3n) is 5.70. The molecule has 0 saturated carbocycles. The Hall–Kier alpha value is -3.84. The van der Waals surface area contributed by atoms with Crippen LogP contribution in [0.4, 0.5) is 0 Å². The van der Waals surface area contributed by atoms with Crippen molar-refractivity contribution in [2.45, 2.75) is 12.5 Å². The van der Waals surface area contributed by atoms with Crippen LogP contribution in [0, 0.1) is 0 Å². The lowest BCUT2D eigenvalue weighted by Crippen LogP contribution is -2.32. The highest BCUT2D eigenvalue weighted by Gasteiger charge is 2.43. The Bertz CT molecular complexity index is 1230. The summed E-state index contributed by atoms with van der Waals surface area (Å²) in [4.78, 5) is 28.6. The molecule has 0 aliphatic carbocycles. The van der Waals surface area contributed by atoms with Crippen LogP contribution in [0.25, 0.3) is 6.08 Å². The van der Waals surface area contributed by atoms with Gasteiger partial charge in [-0.1, -0.05) is 48.5 Å². The monoisotopic (exact) mass is 475 g/mol. The quantitative estimate of drug-likeness (QED) is 0.442. The van der Waals surface area contributed by atoms with Crippen molar-refractivity contribution in [3.63, 3.8) is 0 Å². The lowest BCUT2D eigenvalue weighted by Gasteiger charge is -2.25. The number of allylic oxidation sites excluding steroid dienone is 1. The van der Waals surface area contributed by atoms with Gasteiger partial charge in [0, 0.05) is 11.4 Å². The molecular weight excluding hydrogens is 450 g/mol. The molecule has 0 spiro atoms. The Labute approximate surface area is 202 Å². The van der Waals surface area contributed by atoms with Gasteiger partial charge in [-0.05, 0) is 47.2 Å². The van der Waals surface area contributed by atoms with Crippen molar-refractivity contribution in [2.75, 3.05) is 20.8 Å². The smallest absolute Gasteiger partial charge is 0.290 e. The summed E-state index contributed by atoms with van der Waals surface area (Å²) in [5, 5.41) is 12.6. The van der Waals surface area contributed by atoms with E-state index in [2.05, 4.69) is 0 Å². The van der Waals surface area contributed by atoms with Crippen molar-refractivity contribution in [2.24, 2.45) is 0 Å². The van der Waals surface area contributed by atoms with Gasteiger partial charge in [-0.3, -0.25) is 9.59 Å². The number of hydrogen-bond acceptors (Lipinski definition) is 6. The summed E-state index contributed by atoms with van der Waals surface area (Å²) >= 11 is 1.44. The number of nitrogens with zero attached hydrogens (tertiary/aromatic N) is 1. The molecule has 0 radical (unpaired) electrons. The van der Waals surface area contributed by atoms with Gasteiger partial charge in [0.25, 0.3) is 5.91 Å². The molecule has 0 saturated heterocycles. The van der Waals surface area contributed by atoms with Crippen LogP contribution in [0.2, 0.25) is 0 Å². The zero-order chi connectivity index (χ0) is 24.1. The summed E-state index contributed by atoms with van der Waals surface area (Å²) in [5.41, 5.74) is 1.91. The highest BCUT2D eigenvalue weighted by molar-refractivity contribution is 7.10. The Morgan fingerprint density at radius 1 is 1.06 bits per heavy atom. The normalized spacial score (nSPS) is 15.9. The molecule has 1 aliphatic heterocycles. The van der Waals surface area contributed by atoms with Gasteiger partial charge in [-0.2, -0.15) is 0 Å². The predicted molar refractivity (Wildman–Crippen MR) is 132 cm³/mol. The fourth-order valence-corrected chi connectivity index (χ4v) is 4.84. The Morgan fingerprint density at radius 2 is 1.82 bits per heavy atom. The lowest BCUT2D eigenvalue weighted by molar-refractivity contribution is -0.129. The predicted octanol–water partition coefficient (Wildman–Crippen LogP) is 4.99. The van der Waals surface area contributed by atoms with Gasteiger partial charge in [-0.15, -0.1) is 11.3 Å². The zero-order valence-electron chi connectivity index (χ0n) is 18.9. The number of rotatable bonds is 9. The second kappa shape index (κ2) is 10.4. The molecular formula is C27H25NO5S. The second-order valence-electron chi connectivity index (χ2n) is 7.73. The first-order valence-electron chi connectivity index (χ1n) is 10.8. The van der Waals surface area contributed by atoms with Crippen LogP contribution in [0.1, 0.15) is 22.0 Å². The first-order chi connectivity index (χ1) is 16.5. The van der Waals surface area contributed by atoms with Crippen molar-refractivity contribution in [1.29, 1.82) is 0 Å². The molecule has 1 atom stereocenters. The Balaban J connectivity index is 1.59. The highest BCUT2D eigenvalue weighted by atomic mass is 32.1. The number of benzene rings is 2. The average molecular weight is 476 g/mol. The minimum absolute atomic E-state index is 0.104. The molecule has 2 aromatic carbocycles. The van der Waals surface area contributed by atoms with E-state index in [9.17, 15) is 14.7 Å². The molecule has 174 valence electrons. The molecule has 0 fully saturated rings. The molecule has 1 N–H and O–H groups in total. The summed E-state index contributed by atoms with van der Waals surface area (Å²) in [6.07, 6.45) is 3.61. The minimum atomic E-state index is -0.638. The molecule has 1 aliphatic rings. The number of thiophene rings is 1. The standard InChI is InChI=1S/C27H25NO5S/c1-32-21-13-11-19(17-22(21)33-2)14-15-28-25(23-9-6-16-34-23)24(26(30)27(28)31)20(29)12-10-18-7-4-3-5-8-18/h3-13,16-17,25,30H,14-15H2,1-2H3/b12-10+. The number of carbonyl (C=O) groups excluding carboxylic acids is 2. The summed E-state index contributed by atoms with van der Waals surface area (Å²) in [6, 6.07) is 18.1. The van der Waals surface area contributed by atoms with Crippen molar-refractivity contribution in [1.82, 2.24) is 4.90 Å². The first kappa shape index (κ1) is 23.3. The first-order valence-corrected chi connectivity index (χ1v) is 11.7. The van der Waals surface area contributed by atoms with Crippen molar-refractivity contribution >= 4 is 29.1 Å². The van der Waals surface area contributed by atoms with Crippen LogP contribution in [0.15, 0.2) is 83.5 Å². The molecule has 1 aromatic heterocycles. The van der Waals surface area contributed by atoms with Crippen molar-refractivity contribution < 1.29 is 24.2 Å². The highest BCUT2D eigenvalue weighted by Crippen LogP contribution is 2.40. The van der Waals surface area contributed by atoms with E-state index >= 15 is 0 Å². The molecule has 7 heteroatoms. The number of methoxy groups -OCH3 is 2. The van der Waals surface area contributed by atoms with E-state index in [1.54, 1.807) is 25.2 Å². The molecule has 1 amide bonds. The Morgan fingerprint density at radius 3 is 2.50 bits per heavy atom. The van der Waals surface area contributed by atoms with Gasteiger partial charge < -0.3 is 19.5 Å². The van der Waals surface area contributed by atoms with Crippen LogP contribution in [0.3, 0.4) is 0 Å². The average Bonchev–Trinajstić information content (AvgIpc) is 3.48. The van der Waals surface area contributed by atoms with Gasteiger partial charge in [0.2, 0.25) is 0 Å². The molecule has 2 heterocycles. The zero-order valence-corrected chi connectivity index (χ0v) is 19.7. The molecule has 6 nitrogen and oxygen atoms in total. The number of carbonyl (C=O) groups is 2. The number of amides is 1. The SMILES string of the molecule is COc1ccc(CCN2C(=O)C(O)=C(C(=O)/C=C/c3ccccc3)C2c2cccs2)cc1OC. The maximum absolute atomic E-state index is 13.1. The number of ketones is 1. The maximum Gasteiger partial charge on any atom is 0.290 e. The minimum Gasteiger partial charge on any atom is -0.503 e. The van der Waals surface area contributed by atoms with E-state index in [1.165, 1.54) is 17.4 Å². The van der Waals surface area contributed by atoms with Crippen molar-refractivity contribution in [3.8, 4) is 11.5 Å². The second-order valence-corrected chi connectivity index (χ2v) is 8.71. The van der Waals surface area contributed by atoms with Crippen LogP contribution < -0.4 is 9.47 Å². The van der Waals surface area contributed by atoms with Gasteiger partial charge in [0.05, 0.1) is 25.8 Å². The molecule has 0 bridgehead atoms. The van der Waals surface area contributed by atoms with Gasteiger partial charge in [0.15, 0.2) is 23.0 Å². The molecule has 1 unspecified atom stereocenters. The van der Waals surface area contributed by atoms with Gasteiger partial charge >= 0.3 is 0 Å². The van der Waals surface area contributed by atoms with Crippen LogP contribution in [-0.2, 0) is 16.0 Å². The summed E-state index contributed by atoms with van der Waals surface area (Å²) < 4.78 is 10.7. The van der Waals surface area contributed by atoms with E-state index in [-0.39, 0.29) is 11.4 Å². The van der Waals surface area contributed by atoms with Crippen LogP contribution in [0.5, 0.6) is 11.5 Å². The largest absolute Gasteiger partial charge is 0.503 e. The Kier molecular flexibility index (Phi) is 7.13.